The maximum atomic E-state index is 9.27. The number of hydrogen-bond donors (Lipinski definition) is 2. The number of benzene rings is 2. The number of hydrogen-bond acceptors (Lipinski definition) is 4. The fraction of sp³-hybridized carbons (Fsp3) is 0.400. The van der Waals surface area contributed by atoms with Crippen LogP contribution in [-0.4, -0.2) is 24.4 Å². The second-order valence-electron chi connectivity index (χ2n) is 5.80. The van der Waals surface area contributed by atoms with Gasteiger partial charge in [-0.05, 0) is 48.7 Å². The highest BCUT2D eigenvalue weighted by Crippen LogP contribution is 2.29. The molecule has 0 aliphatic heterocycles. The SMILES string of the molecule is CCOc1cc(CN[C@H](CC)CO)ccc1OCc1cccc(Cl)c1. The van der Waals surface area contributed by atoms with E-state index in [0.29, 0.717) is 30.5 Å². The van der Waals surface area contributed by atoms with E-state index in [1.807, 2.05) is 56.3 Å². The summed E-state index contributed by atoms with van der Waals surface area (Å²) in [5, 5.41) is 13.3. The Labute approximate surface area is 154 Å². The second-order valence-corrected chi connectivity index (χ2v) is 6.24. The molecule has 136 valence electrons. The van der Waals surface area contributed by atoms with Gasteiger partial charge in [-0.3, -0.25) is 0 Å². The van der Waals surface area contributed by atoms with Crippen LogP contribution in [0.1, 0.15) is 31.4 Å². The summed E-state index contributed by atoms with van der Waals surface area (Å²) in [5.74, 6) is 1.43. The number of nitrogens with one attached hydrogen (secondary N) is 1. The molecule has 0 radical (unpaired) electrons. The third-order valence-electron chi connectivity index (χ3n) is 3.90. The van der Waals surface area contributed by atoms with Gasteiger partial charge < -0.3 is 19.9 Å². The summed E-state index contributed by atoms with van der Waals surface area (Å²) in [6.07, 6.45) is 0.885. The van der Waals surface area contributed by atoms with Crippen LogP contribution >= 0.6 is 11.6 Å². The zero-order chi connectivity index (χ0) is 18.1. The van der Waals surface area contributed by atoms with Crippen molar-refractivity contribution in [1.29, 1.82) is 0 Å². The standard InChI is InChI=1S/C20H26ClNO3/c1-3-18(13-23)22-12-15-8-9-19(20(11-15)24-4-2)25-14-16-6-5-7-17(21)10-16/h5-11,18,22-23H,3-4,12-14H2,1-2H3/t18-/m1/s1. The maximum Gasteiger partial charge on any atom is 0.161 e. The maximum absolute atomic E-state index is 9.27. The van der Waals surface area contributed by atoms with E-state index in [2.05, 4.69) is 5.32 Å². The van der Waals surface area contributed by atoms with Gasteiger partial charge in [0.15, 0.2) is 11.5 Å². The van der Waals surface area contributed by atoms with Crippen LogP contribution in [0, 0.1) is 0 Å². The van der Waals surface area contributed by atoms with Crippen LogP contribution in [0.3, 0.4) is 0 Å². The lowest BCUT2D eigenvalue weighted by Gasteiger charge is -2.16. The predicted octanol–water partition coefficient (Wildman–Crippen LogP) is 4.18. The van der Waals surface area contributed by atoms with E-state index in [9.17, 15) is 5.11 Å². The minimum Gasteiger partial charge on any atom is -0.490 e. The minimum absolute atomic E-state index is 0.106. The lowest BCUT2D eigenvalue weighted by molar-refractivity contribution is 0.238. The van der Waals surface area contributed by atoms with Crippen molar-refractivity contribution >= 4 is 11.6 Å². The Balaban J connectivity index is 2.04. The zero-order valence-corrected chi connectivity index (χ0v) is 15.6. The van der Waals surface area contributed by atoms with Gasteiger partial charge in [-0.2, -0.15) is 0 Å². The summed E-state index contributed by atoms with van der Waals surface area (Å²) in [5.41, 5.74) is 2.10. The van der Waals surface area contributed by atoms with Crippen molar-refractivity contribution in [3.63, 3.8) is 0 Å². The number of halogens is 1. The summed E-state index contributed by atoms with van der Waals surface area (Å²) in [4.78, 5) is 0. The van der Waals surface area contributed by atoms with Crippen LogP contribution in [-0.2, 0) is 13.2 Å². The number of ether oxygens (including phenoxy) is 2. The second kappa shape index (κ2) is 10.3. The molecule has 0 unspecified atom stereocenters. The number of rotatable bonds is 10. The van der Waals surface area contributed by atoms with Crippen LogP contribution in [0.15, 0.2) is 42.5 Å². The third-order valence-corrected chi connectivity index (χ3v) is 4.13. The Morgan fingerprint density at radius 3 is 2.56 bits per heavy atom. The van der Waals surface area contributed by atoms with E-state index >= 15 is 0 Å². The summed E-state index contributed by atoms with van der Waals surface area (Å²) in [6.45, 7) is 5.81. The molecule has 0 aliphatic rings. The molecular weight excluding hydrogens is 338 g/mol. The van der Waals surface area contributed by atoms with Crippen molar-refractivity contribution in [1.82, 2.24) is 5.32 Å². The highest BCUT2D eigenvalue weighted by atomic mass is 35.5. The van der Waals surface area contributed by atoms with Crippen molar-refractivity contribution in [2.24, 2.45) is 0 Å². The molecule has 4 nitrogen and oxygen atoms in total. The summed E-state index contributed by atoms with van der Waals surface area (Å²) in [6, 6.07) is 13.6. The molecule has 25 heavy (non-hydrogen) atoms. The largest absolute Gasteiger partial charge is 0.490 e. The van der Waals surface area contributed by atoms with Crippen LogP contribution < -0.4 is 14.8 Å². The first-order valence-electron chi connectivity index (χ1n) is 8.63. The van der Waals surface area contributed by atoms with E-state index in [1.165, 1.54) is 0 Å². The summed E-state index contributed by atoms with van der Waals surface area (Å²) in [7, 11) is 0. The molecular formula is C20H26ClNO3. The molecule has 0 heterocycles. The molecule has 0 aromatic heterocycles. The van der Waals surface area contributed by atoms with E-state index < -0.39 is 0 Å². The van der Waals surface area contributed by atoms with Crippen molar-refractivity contribution in [2.75, 3.05) is 13.2 Å². The predicted molar refractivity (Wildman–Crippen MR) is 101 cm³/mol. The van der Waals surface area contributed by atoms with Gasteiger partial charge in [0, 0.05) is 17.6 Å². The fourth-order valence-electron chi connectivity index (χ4n) is 2.44. The molecule has 2 aromatic carbocycles. The molecule has 2 rings (SSSR count). The summed E-state index contributed by atoms with van der Waals surface area (Å²) >= 11 is 6.01. The van der Waals surface area contributed by atoms with E-state index in [4.69, 9.17) is 21.1 Å². The Morgan fingerprint density at radius 2 is 1.88 bits per heavy atom. The molecule has 0 bridgehead atoms. The lowest BCUT2D eigenvalue weighted by Crippen LogP contribution is -2.31. The van der Waals surface area contributed by atoms with Crippen molar-refractivity contribution in [2.45, 2.75) is 39.5 Å². The average Bonchev–Trinajstić information content (AvgIpc) is 2.62. The van der Waals surface area contributed by atoms with Gasteiger partial charge in [0.05, 0.1) is 13.2 Å². The van der Waals surface area contributed by atoms with E-state index in [0.717, 1.165) is 23.3 Å². The van der Waals surface area contributed by atoms with Gasteiger partial charge >= 0.3 is 0 Å². The third kappa shape index (κ3) is 6.24. The Hall–Kier alpha value is -1.75. The lowest BCUT2D eigenvalue weighted by atomic mass is 10.1. The van der Waals surface area contributed by atoms with Crippen molar-refractivity contribution in [3.8, 4) is 11.5 Å². The van der Waals surface area contributed by atoms with Gasteiger partial charge in [-0.1, -0.05) is 36.7 Å². The Bertz CT molecular complexity index is 659. The van der Waals surface area contributed by atoms with Crippen molar-refractivity contribution < 1.29 is 14.6 Å². The molecule has 0 spiro atoms. The van der Waals surface area contributed by atoms with Gasteiger partial charge in [0.2, 0.25) is 0 Å². The minimum atomic E-state index is 0.106. The first-order chi connectivity index (χ1) is 12.2. The molecule has 2 aromatic rings. The topological polar surface area (TPSA) is 50.7 Å². The van der Waals surface area contributed by atoms with Gasteiger partial charge in [0.1, 0.15) is 6.61 Å². The smallest absolute Gasteiger partial charge is 0.161 e. The van der Waals surface area contributed by atoms with Gasteiger partial charge in [0.25, 0.3) is 0 Å². The first kappa shape index (κ1) is 19.6. The number of aliphatic hydroxyl groups excluding tert-OH is 1. The highest BCUT2D eigenvalue weighted by Gasteiger charge is 2.09. The first-order valence-corrected chi connectivity index (χ1v) is 9.01. The molecule has 0 saturated carbocycles. The van der Waals surface area contributed by atoms with Crippen LogP contribution in [0.25, 0.3) is 0 Å². The quantitative estimate of drug-likeness (QED) is 0.665. The zero-order valence-electron chi connectivity index (χ0n) is 14.8. The molecule has 2 N–H and O–H groups in total. The van der Waals surface area contributed by atoms with Crippen molar-refractivity contribution in [3.05, 3.63) is 58.6 Å². The summed E-state index contributed by atoms with van der Waals surface area (Å²) < 4.78 is 11.6. The van der Waals surface area contributed by atoms with Gasteiger partial charge in [-0.25, -0.2) is 0 Å². The van der Waals surface area contributed by atoms with Crippen LogP contribution in [0.5, 0.6) is 11.5 Å². The van der Waals surface area contributed by atoms with E-state index in [1.54, 1.807) is 0 Å². The molecule has 0 saturated heterocycles. The Kier molecular flexibility index (Phi) is 8.06. The molecule has 0 fully saturated rings. The van der Waals surface area contributed by atoms with Gasteiger partial charge in [-0.15, -0.1) is 0 Å². The fourth-order valence-corrected chi connectivity index (χ4v) is 2.65. The molecule has 0 amide bonds. The molecule has 0 aliphatic carbocycles. The molecule has 1 atom stereocenters. The average molecular weight is 364 g/mol. The monoisotopic (exact) mass is 363 g/mol. The normalized spacial score (nSPS) is 12.0. The van der Waals surface area contributed by atoms with E-state index in [-0.39, 0.29) is 12.6 Å². The number of aliphatic hydroxyl groups is 1. The highest BCUT2D eigenvalue weighted by molar-refractivity contribution is 6.30. The van der Waals surface area contributed by atoms with Crippen LogP contribution in [0.2, 0.25) is 5.02 Å². The van der Waals surface area contributed by atoms with Crippen LogP contribution in [0.4, 0.5) is 0 Å². The Morgan fingerprint density at radius 1 is 1.04 bits per heavy atom. The molecule has 5 heteroatoms.